The van der Waals surface area contributed by atoms with Crippen LogP contribution < -0.4 is 10.6 Å². The minimum atomic E-state index is -1.40. The topological polar surface area (TPSA) is 142 Å². The molecule has 0 radical (unpaired) electrons. The van der Waals surface area contributed by atoms with E-state index in [-0.39, 0.29) is 19.4 Å². The van der Waals surface area contributed by atoms with Crippen LogP contribution >= 0.6 is 0 Å². The van der Waals surface area contributed by atoms with Gasteiger partial charge in [0.25, 0.3) is 0 Å². The molecule has 31 heavy (non-hydrogen) atoms. The summed E-state index contributed by atoms with van der Waals surface area (Å²) in [5.41, 5.74) is 1.50. The van der Waals surface area contributed by atoms with Crippen molar-refractivity contribution in [2.24, 2.45) is 0 Å². The number of benzene rings is 2. The summed E-state index contributed by atoms with van der Waals surface area (Å²) in [5.74, 6) is -3.29. The molecule has 2 unspecified atom stereocenters. The first-order chi connectivity index (χ1) is 14.8. The molecule has 0 saturated carbocycles. The molecular formula is C22H24N2O7. The number of nitrogens with one attached hydrogen (secondary N) is 2. The van der Waals surface area contributed by atoms with Gasteiger partial charge in [0.05, 0.1) is 0 Å². The Morgan fingerprint density at radius 3 is 1.94 bits per heavy atom. The van der Waals surface area contributed by atoms with Crippen molar-refractivity contribution in [2.75, 3.05) is 0 Å². The minimum absolute atomic E-state index is 0.00269. The predicted molar refractivity (Wildman–Crippen MR) is 110 cm³/mol. The molecule has 0 aromatic heterocycles. The van der Waals surface area contributed by atoms with Crippen LogP contribution in [-0.2, 0) is 32.1 Å². The van der Waals surface area contributed by atoms with Gasteiger partial charge in [0, 0.05) is 12.8 Å². The van der Waals surface area contributed by atoms with E-state index in [1.165, 1.54) is 0 Å². The third-order valence-electron chi connectivity index (χ3n) is 4.37. The zero-order valence-electron chi connectivity index (χ0n) is 16.7. The van der Waals surface area contributed by atoms with Crippen molar-refractivity contribution in [1.29, 1.82) is 0 Å². The number of aliphatic carboxylic acids is 2. The van der Waals surface area contributed by atoms with Crippen molar-refractivity contribution in [3.63, 3.8) is 0 Å². The van der Waals surface area contributed by atoms with Gasteiger partial charge in [0.2, 0.25) is 5.91 Å². The van der Waals surface area contributed by atoms with E-state index in [0.717, 1.165) is 11.1 Å². The molecule has 2 aromatic carbocycles. The maximum Gasteiger partial charge on any atom is 0.408 e. The summed E-state index contributed by atoms with van der Waals surface area (Å²) in [6, 6.07) is 15.3. The van der Waals surface area contributed by atoms with E-state index >= 15 is 0 Å². The molecule has 0 aliphatic carbocycles. The number of carboxylic acids is 2. The van der Waals surface area contributed by atoms with Crippen LogP contribution in [0.25, 0.3) is 0 Å². The standard InChI is InChI=1S/C22H24N2O7/c25-19(26)12-11-17(21(28)29)23-20(27)18(13-15-7-3-1-4-8-15)24-22(30)31-14-16-9-5-2-6-10-16/h1-10,17-18H,11-14H2,(H,23,27)(H,24,30)(H,25,26)(H,28,29). The molecule has 9 heteroatoms. The third-order valence-corrected chi connectivity index (χ3v) is 4.37. The van der Waals surface area contributed by atoms with E-state index in [4.69, 9.17) is 9.84 Å². The summed E-state index contributed by atoms with van der Waals surface area (Å²) in [7, 11) is 0. The Balaban J connectivity index is 2.05. The first kappa shape index (κ1) is 23.4. The Morgan fingerprint density at radius 2 is 1.39 bits per heavy atom. The molecule has 0 bridgehead atoms. The molecule has 0 fully saturated rings. The van der Waals surface area contributed by atoms with Crippen molar-refractivity contribution >= 4 is 23.9 Å². The molecule has 0 aliphatic rings. The fraction of sp³-hybridized carbons (Fsp3) is 0.273. The molecule has 2 rings (SSSR count). The quantitative estimate of drug-likeness (QED) is 0.428. The van der Waals surface area contributed by atoms with Crippen LogP contribution in [0.2, 0.25) is 0 Å². The number of rotatable bonds is 11. The lowest BCUT2D eigenvalue weighted by Crippen LogP contribution is -2.52. The molecule has 0 aliphatic heterocycles. The molecular weight excluding hydrogens is 404 g/mol. The molecule has 0 heterocycles. The van der Waals surface area contributed by atoms with Crippen molar-refractivity contribution in [3.8, 4) is 0 Å². The highest BCUT2D eigenvalue weighted by atomic mass is 16.5. The minimum Gasteiger partial charge on any atom is -0.481 e. The lowest BCUT2D eigenvalue weighted by molar-refractivity contribution is -0.143. The third kappa shape index (κ3) is 8.57. The summed E-state index contributed by atoms with van der Waals surface area (Å²) in [6.07, 6.45) is -1.45. The summed E-state index contributed by atoms with van der Waals surface area (Å²) < 4.78 is 5.15. The van der Waals surface area contributed by atoms with Crippen molar-refractivity contribution < 1.29 is 34.1 Å². The average molecular weight is 428 g/mol. The van der Waals surface area contributed by atoms with Gasteiger partial charge in [-0.2, -0.15) is 0 Å². The molecule has 0 saturated heterocycles. The molecule has 2 atom stereocenters. The molecule has 9 nitrogen and oxygen atoms in total. The second-order valence-electron chi connectivity index (χ2n) is 6.78. The Morgan fingerprint density at radius 1 is 0.806 bits per heavy atom. The SMILES string of the molecule is O=C(O)CCC(NC(=O)C(Cc1ccccc1)NC(=O)OCc1ccccc1)C(=O)O. The summed E-state index contributed by atoms with van der Waals surface area (Å²) in [5, 5.41) is 22.8. The maximum absolute atomic E-state index is 12.7. The second kappa shape index (κ2) is 12.0. The lowest BCUT2D eigenvalue weighted by Gasteiger charge is -2.21. The smallest absolute Gasteiger partial charge is 0.408 e. The Bertz CT molecular complexity index is 887. The summed E-state index contributed by atoms with van der Waals surface area (Å²) >= 11 is 0. The van der Waals surface area contributed by atoms with E-state index in [1.54, 1.807) is 54.6 Å². The number of carboxylic acid groups (broad SMARTS) is 2. The van der Waals surface area contributed by atoms with Crippen molar-refractivity contribution in [1.82, 2.24) is 10.6 Å². The summed E-state index contributed by atoms with van der Waals surface area (Å²) in [4.78, 5) is 47.1. The zero-order chi connectivity index (χ0) is 22.6. The van der Waals surface area contributed by atoms with Crippen LogP contribution in [0.5, 0.6) is 0 Å². The van der Waals surface area contributed by atoms with Gasteiger partial charge >= 0.3 is 18.0 Å². The van der Waals surface area contributed by atoms with Gasteiger partial charge < -0.3 is 25.6 Å². The van der Waals surface area contributed by atoms with Crippen LogP contribution in [0.15, 0.2) is 60.7 Å². The second-order valence-corrected chi connectivity index (χ2v) is 6.78. The number of ether oxygens (including phenoxy) is 1. The Labute approximate surface area is 179 Å². The van der Waals surface area contributed by atoms with Gasteiger partial charge in [-0.15, -0.1) is 0 Å². The van der Waals surface area contributed by atoms with Crippen LogP contribution in [0.4, 0.5) is 4.79 Å². The molecule has 4 N–H and O–H groups in total. The Hall–Kier alpha value is -3.88. The van der Waals surface area contributed by atoms with E-state index in [0.29, 0.717) is 0 Å². The van der Waals surface area contributed by atoms with E-state index in [9.17, 15) is 24.3 Å². The monoisotopic (exact) mass is 428 g/mol. The van der Waals surface area contributed by atoms with Gasteiger partial charge in [-0.25, -0.2) is 9.59 Å². The van der Waals surface area contributed by atoms with Gasteiger partial charge in [-0.3, -0.25) is 9.59 Å². The fourth-order valence-corrected chi connectivity index (χ4v) is 2.76. The summed E-state index contributed by atoms with van der Waals surface area (Å²) in [6.45, 7) is 0.00269. The predicted octanol–water partition coefficient (Wildman–Crippen LogP) is 1.96. The highest BCUT2D eigenvalue weighted by Crippen LogP contribution is 2.07. The molecule has 2 aromatic rings. The lowest BCUT2D eigenvalue weighted by atomic mass is 10.0. The first-order valence-electron chi connectivity index (χ1n) is 9.61. The average Bonchev–Trinajstić information content (AvgIpc) is 2.75. The number of carbonyl (C=O) groups excluding carboxylic acids is 2. The van der Waals surface area contributed by atoms with Crippen LogP contribution in [0.1, 0.15) is 24.0 Å². The molecule has 164 valence electrons. The normalized spacial score (nSPS) is 12.3. The number of carbonyl (C=O) groups is 4. The highest BCUT2D eigenvalue weighted by molar-refractivity contribution is 5.89. The van der Waals surface area contributed by atoms with E-state index < -0.39 is 42.4 Å². The van der Waals surface area contributed by atoms with Crippen molar-refractivity contribution in [2.45, 2.75) is 38.0 Å². The van der Waals surface area contributed by atoms with E-state index in [2.05, 4.69) is 10.6 Å². The van der Waals surface area contributed by atoms with Gasteiger partial charge in [0.1, 0.15) is 18.7 Å². The van der Waals surface area contributed by atoms with Crippen LogP contribution in [0, 0.1) is 0 Å². The van der Waals surface area contributed by atoms with E-state index in [1.807, 2.05) is 6.07 Å². The van der Waals surface area contributed by atoms with Crippen molar-refractivity contribution in [3.05, 3.63) is 71.8 Å². The van der Waals surface area contributed by atoms with Gasteiger partial charge in [-0.05, 0) is 17.5 Å². The maximum atomic E-state index is 12.7. The number of hydrogen-bond acceptors (Lipinski definition) is 5. The zero-order valence-corrected chi connectivity index (χ0v) is 16.7. The fourth-order valence-electron chi connectivity index (χ4n) is 2.76. The largest absolute Gasteiger partial charge is 0.481 e. The number of hydrogen-bond donors (Lipinski definition) is 4. The van der Waals surface area contributed by atoms with Crippen LogP contribution in [-0.4, -0.2) is 46.2 Å². The van der Waals surface area contributed by atoms with Gasteiger partial charge in [0.15, 0.2) is 0 Å². The molecule has 2 amide bonds. The Kier molecular flexibility index (Phi) is 9.03. The number of amides is 2. The first-order valence-corrected chi connectivity index (χ1v) is 9.61. The van der Waals surface area contributed by atoms with Gasteiger partial charge in [-0.1, -0.05) is 60.7 Å². The molecule has 0 spiro atoms. The number of alkyl carbamates (subject to hydrolysis) is 1. The van der Waals surface area contributed by atoms with Crippen LogP contribution in [0.3, 0.4) is 0 Å². The highest BCUT2D eigenvalue weighted by Gasteiger charge is 2.27.